The van der Waals surface area contributed by atoms with Gasteiger partial charge in [-0.1, -0.05) is 18.3 Å². The first-order valence-electron chi connectivity index (χ1n) is 7.67. The third-order valence-electron chi connectivity index (χ3n) is 3.26. The molecular weight excluding hydrogens is 356 g/mol. The second-order valence-corrected chi connectivity index (χ2v) is 7.20. The Morgan fingerprint density at radius 2 is 1.92 bits per heavy atom. The van der Waals surface area contributed by atoms with Crippen molar-refractivity contribution in [1.29, 1.82) is 0 Å². The Kier molecular flexibility index (Phi) is 5.62. The molecule has 0 aliphatic heterocycles. The number of hydrogen-bond donors (Lipinski definition) is 2. The monoisotopic (exact) mass is 372 g/mol. The zero-order valence-corrected chi connectivity index (χ0v) is 15.1. The van der Waals surface area contributed by atoms with E-state index in [2.05, 4.69) is 20.6 Å². The normalized spacial score (nSPS) is 10.6. The molecule has 0 bridgehead atoms. The minimum Gasteiger partial charge on any atom is -0.325 e. The van der Waals surface area contributed by atoms with Gasteiger partial charge in [0, 0.05) is 29.4 Å². The largest absolute Gasteiger partial charge is 0.325 e. The van der Waals surface area contributed by atoms with E-state index in [1.807, 2.05) is 30.3 Å². The lowest BCUT2D eigenvalue weighted by molar-refractivity contribution is -0.116. The minimum atomic E-state index is -0.0785. The van der Waals surface area contributed by atoms with Crippen LogP contribution in [-0.4, -0.2) is 27.5 Å². The molecule has 8 heteroatoms. The van der Waals surface area contributed by atoms with E-state index in [4.69, 9.17) is 0 Å². The lowest BCUT2D eigenvalue weighted by atomic mass is 10.3. The van der Waals surface area contributed by atoms with Gasteiger partial charge in [-0.15, -0.1) is 11.8 Å². The number of nitrogens with one attached hydrogen (secondary N) is 2. The van der Waals surface area contributed by atoms with Crippen LogP contribution in [0.15, 0.2) is 47.6 Å². The van der Waals surface area contributed by atoms with Gasteiger partial charge in [-0.05, 0) is 30.3 Å². The molecule has 0 atom stereocenters. The van der Waals surface area contributed by atoms with Crippen molar-refractivity contribution in [2.45, 2.75) is 18.2 Å². The molecule has 25 heavy (non-hydrogen) atoms. The van der Waals surface area contributed by atoms with Crippen molar-refractivity contribution >= 4 is 55.9 Å². The summed E-state index contributed by atoms with van der Waals surface area (Å²) in [5, 5.41) is 6.20. The summed E-state index contributed by atoms with van der Waals surface area (Å²) in [5.74, 6) is 0.175. The third-order valence-corrected chi connectivity index (χ3v) is 5.20. The molecule has 0 aliphatic rings. The van der Waals surface area contributed by atoms with Crippen molar-refractivity contribution in [3.05, 3.63) is 42.7 Å². The predicted octanol–water partition coefficient (Wildman–Crippen LogP) is 3.77. The average Bonchev–Trinajstić information content (AvgIpc) is 3.02. The first kappa shape index (κ1) is 17.4. The highest BCUT2D eigenvalue weighted by Crippen LogP contribution is 2.28. The van der Waals surface area contributed by atoms with E-state index < -0.39 is 0 Å². The van der Waals surface area contributed by atoms with E-state index in [-0.39, 0.29) is 11.8 Å². The third kappa shape index (κ3) is 4.77. The van der Waals surface area contributed by atoms with Gasteiger partial charge in [0.2, 0.25) is 11.8 Å². The van der Waals surface area contributed by atoms with Gasteiger partial charge in [-0.2, -0.15) is 0 Å². The maximum Gasteiger partial charge on any atom is 0.234 e. The van der Waals surface area contributed by atoms with Crippen LogP contribution in [0.4, 0.5) is 10.8 Å². The summed E-state index contributed by atoms with van der Waals surface area (Å²) < 4.78 is 0.908. The molecule has 0 aliphatic carbocycles. The van der Waals surface area contributed by atoms with Gasteiger partial charge in [0.25, 0.3) is 0 Å². The van der Waals surface area contributed by atoms with Crippen molar-refractivity contribution in [1.82, 2.24) is 9.97 Å². The molecule has 2 amide bonds. The summed E-state index contributed by atoms with van der Waals surface area (Å²) in [6.45, 7) is 1.79. The molecule has 2 aromatic heterocycles. The molecule has 3 aromatic rings. The lowest BCUT2D eigenvalue weighted by Crippen LogP contribution is -2.13. The van der Waals surface area contributed by atoms with Crippen molar-refractivity contribution in [3.63, 3.8) is 0 Å². The van der Waals surface area contributed by atoms with Gasteiger partial charge >= 0.3 is 0 Å². The Labute approximate surface area is 153 Å². The highest BCUT2D eigenvalue weighted by Gasteiger charge is 2.09. The van der Waals surface area contributed by atoms with E-state index in [1.54, 1.807) is 19.3 Å². The number of thiazole rings is 1. The SMILES string of the molecule is CCC(=O)Nc1nc2ccc(NC(=O)CSc3ccncc3)cc2s1. The lowest BCUT2D eigenvalue weighted by Gasteiger charge is -2.05. The number of carbonyl (C=O) groups is 2. The van der Waals surface area contributed by atoms with Crippen molar-refractivity contribution in [3.8, 4) is 0 Å². The second kappa shape index (κ2) is 8.09. The van der Waals surface area contributed by atoms with Gasteiger partial charge in [0.15, 0.2) is 5.13 Å². The molecule has 2 N–H and O–H groups in total. The van der Waals surface area contributed by atoms with Crippen molar-refractivity contribution in [2.24, 2.45) is 0 Å². The summed E-state index contributed by atoms with van der Waals surface area (Å²) in [6.07, 6.45) is 3.81. The molecule has 0 unspecified atom stereocenters. The number of aromatic nitrogens is 2. The van der Waals surface area contributed by atoms with Gasteiger partial charge < -0.3 is 10.6 Å². The van der Waals surface area contributed by atoms with Crippen LogP contribution in [0.3, 0.4) is 0 Å². The van der Waals surface area contributed by atoms with Crippen LogP contribution in [0.25, 0.3) is 10.2 Å². The van der Waals surface area contributed by atoms with E-state index in [1.165, 1.54) is 23.1 Å². The molecule has 0 fully saturated rings. The molecule has 0 spiro atoms. The van der Waals surface area contributed by atoms with E-state index in [0.29, 0.717) is 23.0 Å². The first-order valence-corrected chi connectivity index (χ1v) is 9.47. The van der Waals surface area contributed by atoms with Crippen LogP contribution in [0.1, 0.15) is 13.3 Å². The molecular formula is C17H16N4O2S2. The molecule has 3 rings (SSSR count). The summed E-state index contributed by atoms with van der Waals surface area (Å²) in [6, 6.07) is 9.24. The molecule has 2 heterocycles. The molecule has 1 aromatic carbocycles. The standard InChI is InChI=1S/C17H16N4O2S2/c1-2-15(22)21-17-20-13-4-3-11(9-14(13)25-17)19-16(23)10-24-12-5-7-18-8-6-12/h3-9H,2,10H2,1H3,(H,19,23)(H,20,21,22). The first-order chi connectivity index (χ1) is 12.1. The number of carbonyl (C=O) groups excluding carboxylic acids is 2. The molecule has 128 valence electrons. The Balaban J connectivity index is 1.63. The van der Waals surface area contributed by atoms with Crippen molar-refractivity contribution in [2.75, 3.05) is 16.4 Å². The number of pyridine rings is 1. The Hall–Kier alpha value is -2.45. The molecule has 6 nitrogen and oxygen atoms in total. The van der Waals surface area contributed by atoms with E-state index in [9.17, 15) is 9.59 Å². The van der Waals surface area contributed by atoms with Crippen LogP contribution in [-0.2, 0) is 9.59 Å². The molecule has 0 saturated carbocycles. The zero-order valence-electron chi connectivity index (χ0n) is 13.5. The fourth-order valence-corrected chi connectivity index (χ4v) is 3.65. The highest BCUT2D eigenvalue weighted by molar-refractivity contribution is 8.00. The number of amides is 2. The van der Waals surface area contributed by atoms with Crippen LogP contribution in [0, 0.1) is 0 Å². The topological polar surface area (TPSA) is 84.0 Å². The number of fused-ring (bicyclic) bond motifs is 1. The number of thioether (sulfide) groups is 1. The Morgan fingerprint density at radius 1 is 1.12 bits per heavy atom. The summed E-state index contributed by atoms with van der Waals surface area (Å²) >= 11 is 2.84. The van der Waals surface area contributed by atoms with Crippen LogP contribution >= 0.6 is 23.1 Å². The molecule has 0 radical (unpaired) electrons. The maximum atomic E-state index is 12.1. The van der Waals surface area contributed by atoms with Gasteiger partial charge in [0.1, 0.15) is 0 Å². The van der Waals surface area contributed by atoms with E-state index >= 15 is 0 Å². The Bertz CT molecular complexity index is 896. The fourth-order valence-electron chi connectivity index (χ4n) is 2.04. The number of anilines is 2. The van der Waals surface area contributed by atoms with E-state index in [0.717, 1.165) is 15.1 Å². The summed E-state index contributed by atoms with van der Waals surface area (Å²) in [4.78, 5) is 32.9. The Morgan fingerprint density at radius 3 is 2.68 bits per heavy atom. The average molecular weight is 372 g/mol. The number of rotatable bonds is 6. The van der Waals surface area contributed by atoms with Crippen LogP contribution in [0.5, 0.6) is 0 Å². The number of benzene rings is 1. The quantitative estimate of drug-likeness (QED) is 0.644. The fraction of sp³-hybridized carbons (Fsp3) is 0.176. The maximum absolute atomic E-state index is 12.1. The van der Waals surface area contributed by atoms with Crippen molar-refractivity contribution < 1.29 is 9.59 Å². The molecule has 0 saturated heterocycles. The van der Waals surface area contributed by atoms with Crippen LogP contribution < -0.4 is 10.6 Å². The minimum absolute atomic E-state index is 0.0688. The number of nitrogens with zero attached hydrogens (tertiary/aromatic N) is 2. The van der Waals surface area contributed by atoms with Crippen LogP contribution in [0.2, 0.25) is 0 Å². The highest BCUT2D eigenvalue weighted by atomic mass is 32.2. The van der Waals surface area contributed by atoms with Gasteiger partial charge in [-0.25, -0.2) is 4.98 Å². The number of hydrogen-bond acceptors (Lipinski definition) is 6. The zero-order chi connectivity index (χ0) is 17.6. The summed E-state index contributed by atoms with van der Waals surface area (Å²) in [5.41, 5.74) is 1.51. The summed E-state index contributed by atoms with van der Waals surface area (Å²) in [7, 11) is 0. The van der Waals surface area contributed by atoms with Gasteiger partial charge in [-0.3, -0.25) is 14.6 Å². The van der Waals surface area contributed by atoms with Gasteiger partial charge in [0.05, 0.1) is 16.0 Å². The second-order valence-electron chi connectivity index (χ2n) is 5.12. The predicted molar refractivity (Wildman–Crippen MR) is 102 cm³/mol. The smallest absolute Gasteiger partial charge is 0.234 e.